The number of amides is 1. The maximum atomic E-state index is 12.1. The summed E-state index contributed by atoms with van der Waals surface area (Å²) < 4.78 is 5.15. The van der Waals surface area contributed by atoms with Crippen molar-refractivity contribution in [1.82, 2.24) is 20.5 Å². The third-order valence-electron chi connectivity index (χ3n) is 4.06. The van der Waals surface area contributed by atoms with Gasteiger partial charge in [0.1, 0.15) is 5.75 Å². The van der Waals surface area contributed by atoms with Crippen molar-refractivity contribution in [2.75, 3.05) is 12.9 Å². The number of unbranched alkanes of at least 4 members (excludes halogenated alkanes) is 3. The average Bonchev–Trinajstić information content (AvgIpc) is 3.13. The molecule has 0 saturated carbocycles. The Morgan fingerprint density at radius 3 is 2.73 bits per heavy atom. The van der Waals surface area contributed by atoms with Crippen molar-refractivity contribution in [3.05, 3.63) is 24.3 Å². The Bertz CT molecular complexity index is 672. The van der Waals surface area contributed by atoms with Crippen LogP contribution in [0, 0.1) is 0 Å². The molecule has 6 nitrogen and oxygen atoms in total. The third kappa shape index (κ3) is 6.71. The first-order valence-corrected chi connectivity index (χ1v) is 10.1. The number of hydrogen-bond acceptors (Lipinski definition) is 5. The Kier molecular flexibility index (Phi) is 8.47. The van der Waals surface area contributed by atoms with Gasteiger partial charge < -0.3 is 10.1 Å². The highest BCUT2D eigenvalue weighted by Gasteiger charge is 2.11. The van der Waals surface area contributed by atoms with Crippen LogP contribution in [-0.4, -0.2) is 40.0 Å². The minimum atomic E-state index is 0.0220. The van der Waals surface area contributed by atoms with Crippen LogP contribution in [0.1, 0.15) is 46.0 Å². The molecule has 0 aliphatic carbocycles. The second-order valence-electron chi connectivity index (χ2n) is 6.30. The summed E-state index contributed by atoms with van der Waals surface area (Å²) in [7, 11) is 1.63. The fraction of sp³-hybridized carbons (Fsp3) is 0.526. The smallest absolute Gasteiger partial charge is 0.230 e. The van der Waals surface area contributed by atoms with Crippen LogP contribution >= 0.6 is 11.8 Å². The molecule has 26 heavy (non-hydrogen) atoms. The van der Waals surface area contributed by atoms with E-state index in [-0.39, 0.29) is 11.9 Å². The largest absolute Gasteiger partial charge is 0.497 e. The molecule has 0 aliphatic heterocycles. The van der Waals surface area contributed by atoms with E-state index >= 15 is 0 Å². The molecule has 1 heterocycles. The van der Waals surface area contributed by atoms with Crippen molar-refractivity contribution < 1.29 is 9.53 Å². The van der Waals surface area contributed by atoms with Crippen LogP contribution in [0.4, 0.5) is 0 Å². The molecule has 1 amide bonds. The van der Waals surface area contributed by atoms with Crippen molar-refractivity contribution in [3.63, 3.8) is 0 Å². The predicted molar refractivity (Wildman–Crippen MR) is 105 cm³/mol. The van der Waals surface area contributed by atoms with Crippen LogP contribution in [0.25, 0.3) is 11.4 Å². The number of ether oxygens (including phenoxy) is 1. The molecule has 0 bridgehead atoms. The molecule has 0 spiro atoms. The number of carbonyl (C=O) groups excluding carboxylic acids is 1. The Labute approximate surface area is 159 Å². The topological polar surface area (TPSA) is 79.9 Å². The van der Waals surface area contributed by atoms with E-state index in [9.17, 15) is 4.79 Å². The molecule has 0 unspecified atom stereocenters. The Hall–Kier alpha value is -2.02. The molecule has 1 aromatic carbocycles. The molecule has 0 fully saturated rings. The quantitative estimate of drug-likeness (QED) is 0.457. The van der Waals surface area contributed by atoms with Crippen molar-refractivity contribution in [3.8, 4) is 17.1 Å². The van der Waals surface area contributed by atoms with E-state index in [1.807, 2.05) is 24.3 Å². The van der Waals surface area contributed by atoms with Crippen LogP contribution in [0.5, 0.6) is 5.75 Å². The van der Waals surface area contributed by atoms with Crippen LogP contribution in [0.3, 0.4) is 0 Å². The lowest BCUT2D eigenvalue weighted by Gasteiger charge is -2.13. The number of H-pyrrole nitrogens is 1. The summed E-state index contributed by atoms with van der Waals surface area (Å²) in [5, 5.41) is 10.7. The zero-order valence-electron chi connectivity index (χ0n) is 15.7. The summed E-state index contributed by atoms with van der Waals surface area (Å²) in [6, 6.07) is 7.79. The van der Waals surface area contributed by atoms with E-state index in [2.05, 4.69) is 34.3 Å². The molecule has 2 rings (SSSR count). The van der Waals surface area contributed by atoms with Crippen molar-refractivity contribution in [1.29, 1.82) is 0 Å². The number of hydrogen-bond donors (Lipinski definition) is 2. The summed E-state index contributed by atoms with van der Waals surface area (Å²) in [6.45, 7) is 4.26. The van der Waals surface area contributed by atoms with Gasteiger partial charge in [-0.2, -0.15) is 0 Å². The highest BCUT2D eigenvalue weighted by molar-refractivity contribution is 7.99. The molecule has 2 aromatic rings. The molecule has 2 N–H and O–H groups in total. The summed E-state index contributed by atoms with van der Waals surface area (Å²) in [4.78, 5) is 16.5. The second-order valence-corrected chi connectivity index (χ2v) is 7.24. The normalized spacial score (nSPS) is 12.0. The number of thioether (sulfide) groups is 1. The molecule has 1 atom stereocenters. The molecule has 1 aromatic heterocycles. The first kappa shape index (κ1) is 20.3. The first-order chi connectivity index (χ1) is 12.6. The monoisotopic (exact) mass is 376 g/mol. The lowest BCUT2D eigenvalue weighted by atomic mass is 10.1. The zero-order chi connectivity index (χ0) is 18.8. The van der Waals surface area contributed by atoms with Gasteiger partial charge in [-0.3, -0.25) is 9.89 Å². The molecule has 7 heteroatoms. The molecule has 0 radical (unpaired) electrons. The van der Waals surface area contributed by atoms with E-state index in [0.717, 1.165) is 24.2 Å². The van der Waals surface area contributed by atoms with Crippen LogP contribution in [-0.2, 0) is 4.79 Å². The number of rotatable bonds is 11. The van der Waals surface area contributed by atoms with Gasteiger partial charge in [-0.1, -0.05) is 44.4 Å². The van der Waals surface area contributed by atoms with Gasteiger partial charge in [-0.25, -0.2) is 4.98 Å². The molecule has 142 valence electrons. The summed E-state index contributed by atoms with van der Waals surface area (Å²) in [5.41, 5.74) is 0.926. The first-order valence-electron chi connectivity index (χ1n) is 9.11. The number of nitrogens with one attached hydrogen (secondary N) is 2. The average molecular weight is 377 g/mol. The van der Waals surface area contributed by atoms with Gasteiger partial charge in [0.25, 0.3) is 0 Å². The third-order valence-corrected chi connectivity index (χ3v) is 4.91. The molecular weight excluding hydrogens is 348 g/mol. The second kappa shape index (κ2) is 10.9. The molecule has 0 saturated heterocycles. The molecule has 0 aliphatic rings. The van der Waals surface area contributed by atoms with Gasteiger partial charge in [0, 0.05) is 11.6 Å². The Morgan fingerprint density at radius 2 is 2.04 bits per heavy atom. The number of benzene rings is 1. The number of aromatic nitrogens is 3. The lowest BCUT2D eigenvalue weighted by molar-refractivity contribution is -0.119. The van der Waals surface area contributed by atoms with Gasteiger partial charge in [-0.15, -0.1) is 5.10 Å². The Balaban J connectivity index is 1.75. The van der Waals surface area contributed by atoms with Gasteiger partial charge in [0.05, 0.1) is 12.9 Å². The van der Waals surface area contributed by atoms with Gasteiger partial charge >= 0.3 is 0 Å². The van der Waals surface area contributed by atoms with Crippen molar-refractivity contribution in [2.24, 2.45) is 0 Å². The predicted octanol–water partition coefficient (Wildman–Crippen LogP) is 4.05. The minimum absolute atomic E-state index is 0.0220. The van der Waals surface area contributed by atoms with E-state index in [1.165, 1.54) is 31.0 Å². The lowest BCUT2D eigenvalue weighted by Crippen LogP contribution is -2.33. The van der Waals surface area contributed by atoms with E-state index in [1.54, 1.807) is 7.11 Å². The van der Waals surface area contributed by atoms with E-state index in [4.69, 9.17) is 4.74 Å². The highest BCUT2D eigenvalue weighted by Crippen LogP contribution is 2.21. The highest BCUT2D eigenvalue weighted by atomic mass is 32.2. The standard InChI is InChI=1S/C19H28N4O2S/c1-4-5-6-7-8-14(2)20-17(24)13-26-19-21-18(22-23-19)15-9-11-16(25-3)12-10-15/h9-12,14H,4-8,13H2,1-3H3,(H,20,24)(H,21,22,23)/t14-/m0/s1. The van der Waals surface area contributed by atoms with Crippen molar-refractivity contribution >= 4 is 17.7 Å². The fourth-order valence-electron chi connectivity index (χ4n) is 2.59. The van der Waals surface area contributed by atoms with Crippen LogP contribution < -0.4 is 10.1 Å². The summed E-state index contributed by atoms with van der Waals surface area (Å²) in [6.07, 6.45) is 5.91. The number of carbonyl (C=O) groups is 1. The SMILES string of the molecule is CCCCCC[C@H](C)NC(=O)CSc1n[nH]c(-c2ccc(OC)cc2)n1. The molecular formula is C19H28N4O2S. The van der Waals surface area contributed by atoms with E-state index < -0.39 is 0 Å². The van der Waals surface area contributed by atoms with Crippen molar-refractivity contribution in [2.45, 2.75) is 57.1 Å². The zero-order valence-corrected chi connectivity index (χ0v) is 16.6. The maximum Gasteiger partial charge on any atom is 0.230 e. The van der Waals surface area contributed by atoms with E-state index in [0.29, 0.717) is 16.7 Å². The minimum Gasteiger partial charge on any atom is -0.497 e. The maximum absolute atomic E-state index is 12.1. The number of aromatic amines is 1. The van der Waals surface area contributed by atoms with Crippen LogP contribution in [0.15, 0.2) is 29.4 Å². The number of methoxy groups -OCH3 is 1. The summed E-state index contributed by atoms with van der Waals surface area (Å²) in [5.74, 6) is 1.82. The summed E-state index contributed by atoms with van der Waals surface area (Å²) >= 11 is 1.34. The van der Waals surface area contributed by atoms with Gasteiger partial charge in [0.15, 0.2) is 5.82 Å². The van der Waals surface area contributed by atoms with Crippen LogP contribution in [0.2, 0.25) is 0 Å². The Morgan fingerprint density at radius 1 is 1.27 bits per heavy atom. The van der Waals surface area contributed by atoms with Gasteiger partial charge in [0.2, 0.25) is 11.1 Å². The van der Waals surface area contributed by atoms with Gasteiger partial charge in [-0.05, 0) is 37.6 Å². The number of nitrogens with zero attached hydrogens (tertiary/aromatic N) is 2. The fourth-order valence-corrected chi connectivity index (χ4v) is 3.19.